The molecule has 2 aliphatic heterocycles. The van der Waals surface area contributed by atoms with Crippen LogP contribution in [0.3, 0.4) is 0 Å². The summed E-state index contributed by atoms with van der Waals surface area (Å²) in [4.78, 5) is 14.4. The molecule has 104 valence electrons. The van der Waals surface area contributed by atoms with Crippen LogP contribution in [0.2, 0.25) is 0 Å². The summed E-state index contributed by atoms with van der Waals surface area (Å²) >= 11 is 0. The molecule has 2 saturated heterocycles. The molecule has 0 aromatic heterocycles. The average molecular weight is 254 g/mol. The van der Waals surface area contributed by atoms with E-state index in [2.05, 4.69) is 5.32 Å². The number of nitrogens with zero attached hydrogens (tertiary/aromatic N) is 1. The highest BCUT2D eigenvalue weighted by atomic mass is 16.5. The lowest BCUT2D eigenvalue weighted by Crippen LogP contribution is -2.50. The molecule has 18 heavy (non-hydrogen) atoms. The highest BCUT2D eigenvalue weighted by Crippen LogP contribution is 2.12. The molecule has 0 aromatic rings. The number of likely N-dealkylation sites (tertiary alicyclic amines) is 1. The number of ether oxygens (including phenoxy) is 1. The summed E-state index contributed by atoms with van der Waals surface area (Å²) in [5, 5.41) is 3.42. The normalized spacial score (nSPS) is 27.6. The quantitative estimate of drug-likeness (QED) is 0.831. The van der Waals surface area contributed by atoms with Crippen molar-refractivity contribution >= 4 is 5.91 Å². The molecule has 1 N–H and O–H groups in total. The molecule has 2 rings (SSSR count). The molecule has 0 radical (unpaired) electrons. The molecule has 2 unspecified atom stereocenters. The monoisotopic (exact) mass is 254 g/mol. The van der Waals surface area contributed by atoms with E-state index in [-0.39, 0.29) is 11.9 Å². The van der Waals surface area contributed by atoms with Gasteiger partial charge in [-0.05, 0) is 32.6 Å². The standard InChI is InChI=1S/C14H26N2O2/c1-12(15-13-7-6-10-18-11-13)14(17)16-8-4-2-3-5-9-16/h12-13,15H,2-11H2,1H3. The first kappa shape index (κ1) is 13.8. The zero-order valence-electron chi connectivity index (χ0n) is 11.5. The van der Waals surface area contributed by atoms with Gasteiger partial charge in [0.25, 0.3) is 0 Å². The van der Waals surface area contributed by atoms with Crippen molar-refractivity contribution in [2.45, 2.75) is 57.5 Å². The zero-order chi connectivity index (χ0) is 12.8. The predicted molar refractivity (Wildman–Crippen MR) is 71.5 cm³/mol. The van der Waals surface area contributed by atoms with E-state index in [9.17, 15) is 4.79 Å². The second kappa shape index (κ2) is 7.10. The van der Waals surface area contributed by atoms with Crippen LogP contribution in [0.1, 0.15) is 45.4 Å². The van der Waals surface area contributed by atoms with Gasteiger partial charge in [0.15, 0.2) is 0 Å². The minimum absolute atomic E-state index is 0.0743. The Morgan fingerprint density at radius 2 is 1.94 bits per heavy atom. The van der Waals surface area contributed by atoms with E-state index in [0.717, 1.165) is 52.0 Å². The van der Waals surface area contributed by atoms with Gasteiger partial charge in [0, 0.05) is 25.7 Å². The second-order valence-corrected chi connectivity index (χ2v) is 5.54. The summed E-state index contributed by atoms with van der Waals surface area (Å²) < 4.78 is 5.44. The third-order valence-corrected chi connectivity index (χ3v) is 3.93. The van der Waals surface area contributed by atoms with Gasteiger partial charge in [0.1, 0.15) is 0 Å². The van der Waals surface area contributed by atoms with Gasteiger partial charge in [0.05, 0.1) is 12.6 Å². The zero-order valence-corrected chi connectivity index (χ0v) is 11.5. The third-order valence-electron chi connectivity index (χ3n) is 3.93. The molecule has 0 aliphatic carbocycles. The van der Waals surface area contributed by atoms with Gasteiger partial charge in [-0.15, -0.1) is 0 Å². The second-order valence-electron chi connectivity index (χ2n) is 5.54. The number of hydrogen-bond acceptors (Lipinski definition) is 3. The fourth-order valence-corrected chi connectivity index (χ4v) is 2.86. The molecule has 4 nitrogen and oxygen atoms in total. The van der Waals surface area contributed by atoms with Crippen LogP contribution in [0.5, 0.6) is 0 Å². The van der Waals surface area contributed by atoms with E-state index in [1.165, 1.54) is 12.8 Å². The number of rotatable bonds is 3. The van der Waals surface area contributed by atoms with E-state index in [4.69, 9.17) is 4.74 Å². The lowest BCUT2D eigenvalue weighted by atomic mass is 10.1. The van der Waals surface area contributed by atoms with Crippen LogP contribution >= 0.6 is 0 Å². The van der Waals surface area contributed by atoms with Crippen molar-refractivity contribution in [3.63, 3.8) is 0 Å². The summed E-state index contributed by atoms with van der Waals surface area (Å²) in [6.07, 6.45) is 7.07. The summed E-state index contributed by atoms with van der Waals surface area (Å²) in [7, 11) is 0. The molecular formula is C14H26N2O2. The summed E-state index contributed by atoms with van der Waals surface area (Å²) in [6, 6.07) is 0.277. The average Bonchev–Trinajstić information content (AvgIpc) is 2.68. The molecule has 2 fully saturated rings. The maximum absolute atomic E-state index is 12.3. The lowest BCUT2D eigenvalue weighted by molar-refractivity contribution is -0.133. The van der Waals surface area contributed by atoms with E-state index in [1.807, 2.05) is 11.8 Å². The van der Waals surface area contributed by atoms with Gasteiger partial charge in [-0.1, -0.05) is 12.8 Å². The SMILES string of the molecule is CC(NC1CCCOC1)C(=O)N1CCCCCC1. The van der Waals surface area contributed by atoms with E-state index in [0.29, 0.717) is 6.04 Å². The van der Waals surface area contributed by atoms with Gasteiger partial charge in [-0.2, -0.15) is 0 Å². The Bertz CT molecular complexity index is 257. The molecule has 4 heteroatoms. The van der Waals surface area contributed by atoms with Crippen LogP contribution in [0.25, 0.3) is 0 Å². The smallest absolute Gasteiger partial charge is 0.239 e. The number of hydrogen-bond donors (Lipinski definition) is 1. The Morgan fingerprint density at radius 3 is 2.56 bits per heavy atom. The van der Waals surface area contributed by atoms with Crippen molar-refractivity contribution < 1.29 is 9.53 Å². The Hall–Kier alpha value is -0.610. The van der Waals surface area contributed by atoms with Crippen molar-refractivity contribution in [3.05, 3.63) is 0 Å². The number of carbonyl (C=O) groups is 1. The van der Waals surface area contributed by atoms with Crippen molar-refractivity contribution in [3.8, 4) is 0 Å². The first-order valence-electron chi connectivity index (χ1n) is 7.40. The molecule has 2 heterocycles. The predicted octanol–water partition coefficient (Wildman–Crippen LogP) is 1.55. The van der Waals surface area contributed by atoms with E-state index < -0.39 is 0 Å². The molecule has 0 saturated carbocycles. The Kier molecular flexibility index (Phi) is 5.45. The van der Waals surface area contributed by atoms with Crippen molar-refractivity contribution in [2.24, 2.45) is 0 Å². The summed E-state index contributed by atoms with van der Waals surface area (Å²) in [5.41, 5.74) is 0. The topological polar surface area (TPSA) is 41.6 Å². The Labute approximate surface area is 110 Å². The minimum atomic E-state index is -0.0743. The maximum Gasteiger partial charge on any atom is 0.239 e. The first-order chi connectivity index (χ1) is 8.77. The first-order valence-corrected chi connectivity index (χ1v) is 7.40. The van der Waals surface area contributed by atoms with Gasteiger partial charge >= 0.3 is 0 Å². The highest BCUT2D eigenvalue weighted by Gasteiger charge is 2.24. The third kappa shape index (κ3) is 3.95. The molecule has 2 atom stereocenters. The van der Waals surface area contributed by atoms with Crippen molar-refractivity contribution in [2.75, 3.05) is 26.3 Å². The minimum Gasteiger partial charge on any atom is -0.380 e. The number of amides is 1. The highest BCUT2D eigenvalue weighted by molar-refractivity contribution is 5.81. The lowest BCUT2D eigenvalue weighted by Gasteiger charge is -2.29. The van der Waals surface area contributed by atoms with Crippen LogP contribution in [0.4, 0.5) is 0 Å². The van der Waals surface area contributed by atoms with Crippen LogP contribution in [0.15, 0.2) is 0 Å². The van der Waals surface area contributed by atoms with Gasteiger partial charge in [-0.3, -0.25) is 4.79 Å². The van der Waals surface area contributed by atoms with E-state index >= 15 is 0 Å². The van der Waals surface area contributed by atoms with Crippen molar-refractivity contribution in [1.29, 1.82) is 0 Å². The van der Waals surface area contributed by atoms with Crippen LogP contribution in [-0.4, -0.2) is 49.2 Å². The maximum atomic E-state index is 12.3. The van der Waals surface area contributed by atoms with Gasteiger partial charge < -0.3 is 15.0 Å². The van der Waals surface area contributed by atoms with Crippen molar-refractivity contribution in [1.82, 2.24) is 10.2 Å². The fraction of sp³-hybridized carbons (Fsp3) is 0.929. The molecule has 0 bridgehead atoms. The van der Waals surface area contributed by atoms with Crippen LogP contribution < -0.4 is 5.32 Å². The molecule has 2 aliphatic rings. The summed E-state index contributed by atoms with van der Waals surface area (Å²) in [5.74, 6) is 0.266. The number of carbonyl (C=O) groups excluding carboxylic acids is 1. The summed E-state index contributed by atoms with van der Waals surface area (Å²) in [6.45, 7) is 5.48. The Balaban J connectivity index is 1.79. The molecule has 1 amide bonds. The van der Waals surface area contributed by atoms with Crippen LogP contribution in [-0.2, 0) is 9.53 Å². The molecule has 0 spiro atoms. The largest absolute Gasteiger partial charge is 0.380 e. The van der Waals surface area contributed by atoms with Crippen LogP contribution in [0, 0.1) is 0 Å². The molecular weight excluding hydrogens is 228 g/mol. The van der Waals surface area contributed by atoms with Gasteiger partial charge in [-0.25, -0.2) is 0 Å². The molecule has 0 aromatic carbocycles. The Morgan fingerprint density at radius 1 is 1.22 bits per heavy atom. The van der Waals surface area contributed by atoms with E-state index in [1.54, 1.807) is 0 Å². The van der Waals surface area contributed by atoms with Gasteiger partial charge in [0.2, 0.25) is 5.91 Å². The fourth-order valence-electron chi connectivity index (χ4n) is 2.86. The number of nitrogens with one attached hydrogen (secondary N) is 1.